The van der Waals surface area contributed by atoms with Crippen molar-refractivity contribution < 1.29 is 13.2 Å². The molecule has 1 aromatic carbocycles. The average Bonchev–Trinajstić information content (AvgIpc) is 2.60. The van der Waals surface area contributed by atoms with Crippen molar-refractivity contribution in [1.82, 2.24) is 10.2 Å². The highest BCUT2D eigenvalue weighted by atomic mass is 35.5. The fraction of sp³-hybridized carbons (Fsp3) is 0.417. The fourth-order valence-corrected chi connectivity index (χ4v) is 4.23. The van der Waals surface area contributed by atoms with Crippen molar-refractivity contribution in [2.24, 2.45) is 0 Å². The van der Waals surface area contributed by atoms with E-state index in [0.717, 1.165) is 0 Å². The number of benzene rings is 1. The van der Waals surface area contributed by atoms with Crippen molar-refractivity contribution in [3.8, 4) is 0 Å². The number of likely N-dealkylation sites (N-methyl/N-ethyl adjacent to an activating group) is 2. The number of hydrogen-bond acceptors (Lipinski definition) is 4. The molecule has 1 heterocycles. The average molecular weight is 303 g/mol. The first kappa shape index (κ1) is 14.3. The Hall–Kier alpha value is -1.11. The molecule has 1 aliphatic rings. The van der Waals surface area contributed by atoms with Gasteiger partial charge in [-0.05, 0) is 30.8 Å². The molecule has 0 aliphatic carbocycles. The molecule has 0 saturated carbocycles. The molecule has 1 unspecified atom stereocenters. The summed E-state index contributed by atoms with van der Waals surface area (Å²) in [5.74, 6) is -0.246. The maximum atomic E-state index is 12.1. The van der Waals surface area contributed by atoms with E-state index in [2.05, 4.69) is 5.32 Å². The second kappa shape index (κ2) is 5.11. The number of rotatable bonds is 3. The summed E-state index contributed by atoms with van der Waals surface area (Å²) >= 11 is 5.92. The zero-order valence-corrected chi connectivity index (χ0v) is 12.3. The molecule has 0 spiro atoms. The number of sulfone groups is 1. The van der Waals surface area contributed by atoms with Gasteiger partial charge in [-0.15, -0.1) is 0 Å². The first-order valence-electron chi connectivity index (χ1n) is 5.79. The predicted octanol–water partition coefficient (Wildman–Crippen LogP) is 0.846. The van der Waals surface area contributed by atoms with Gasteiger partial charge in [0, 0.05) is 12.1 Å². The number of amides is 1. The van der Waals surface area contributed by atoms with Crippen molar-refractivity contribution in [2.75, 3.05) is 26.4 Å². The van der Waals surface area contributed by atoms with Crippen LogP contribution < -0.4 is 5.32 Å². The molecule has 1 amide bonds. The molecule has 0 bridgehead atoms. The molecule has 1 aromatic rings. The highest BCUT2D eigenvalue weighted by Gasteiger charge is 2.38. The third kappa shape index (κ3) is 2.61. The summed E-state index contributed by atoms with van der Waals surface area (Å²) in [5.41, 5.74) is 0.597. The summed E-state index contributed by atoms with van der Waals surface area (Å²) in [7, 11) is -0.0623. The van der Waals surface area contributed by atoms with Crippen LogP contribution in [-0.2, 0) is 14.6 Å². The van der Waals surface area contributed by atoms with Crippen LogP contribution in [0.15, 0.2) is 23.1 Å². The molecule has 19 heavy (non-hydrogen) atoms. The van der Waals surface area contributed by atoms with Crippen LogP contribution in [0.25, 0.3) is 0 Å². The van der Waals surface area contributed by atoms with E-state index in [-0.39, 0.29) is 23.1 Å². The molecular weight excluding hydrogens is 288 g/mol. The maximum Gasteiger partial charge on any atom is 0.236 e. The number of carbonyl (C=O) groups excluding carboxylic acids is 1. The van der Waals surface area contributed by atoms with Gasteiger partial charge in [-0.3, -0.25) is 4.79 Å². The van der Waals surface area contributed by atoms with E-state index in [4.69, 9.17) is 11.6 Å². The van der Waals surface area contributed by atoms with Gasteiger partial charge in [0.25, 0.3) is 0 Å². The van der Waals surface area contributed by atoms with Crippen LogP contribution in [0, 0.1) is 0 Å². The van der Waals surface area contributed by atoms with Gasteiger partial charge in [-0.1, -0.05) is 11.6 Å². The zero-order chi connectivity index (χ0) is 14.2. The Balaban J connectivity index is 2.42. The predicted molar refractivity (Wildman–Crippen MR) is 72.9 cm³/mol. The number of halogens is 1. The molecule has 0 saturated heterocycles. The first-order chi connectivity index (χ1) is 8.86. The topological polar surface area (TPSA) is 66.5 Å². The van der Waals surface area contributed by atoms with Crippen molar-refractivity contribution >= 4 is 27.3 Å². The van der Waals surface area contributed by atoms with Crippen LogP contribution >= 0.6 is 11.6 Å². The Morgan fingerprint density at radius 1 is 1.53 bits per heavy atom. The lowest BCUT2D eigenvalue weighted by molar-refractivity contribution is -0.130. The van der Waals surface area contributed by atoms with Crippen LogP contribution in [0.4, 0.5) is 0 Å². The van der Waals surface area contributed by atoms with Gasteiger partial charge >= 0.3 is 0 Å². The van der Waals surface area contributed by atoms with Crippen LogP contribution in [0.5, 0.6) is 0 Å². The van der Waals surface area contributed by atoms with Crippen LogP contribution in [0.2, 0.25) is 5.02 Å². The molecule has 1 aliphatic heterocycles. The van der Waals surface area contributed by atoms with Gasteiger partial charge in [0.2, 0.25) is 5.91 Å². The Bertz CT molecular complexity index is 615. The third-order valence-corrected chi connectivity index (χ3v) is 5.26. The minimum atomic E-state index is -3.34. The molecule has 1 N–H and O–H groups in total. The SMILES string of the molecule is CNCC(=O)N(C)C1CS(=O)(=O)c2ccc(Cl)cc21. The molecule has 0 aromatic heterocycles. The highest BCUT2D eigenvalue weighted by Crippen LogP contribution is 2.37. The summed E-state index contributed by atoms with van der Waals surface area (Å²) in [6, 6.07) is 4.20. The van der Waals surface area contributed by atoms with Crippen molar-refractivity contribution in [3.63, 3.8) is 0 Å². The Kier molecular flexibility index (Phi) is 3.85. The molecular formula is C12H15ClN2O3S. The van der Waals surface area contributed by atoms with E-state index in [1.165, 1.54) is 11.0 Å². The van der Waals surface area contributed by atoms with Gasteiger partial charge in [0.1, 0.15) is 0 Å². The third-order valence-electron chi connectivity index (χ3n) is 3.23. The Labute approximate surface area is 117 Å². The van der Waals surface area contributed by atoms with Crippen LogP contribution in [-0.4, -0.2) is 45.6 Å². The molecule has 0 fully saturated rings. The van der Waals surface area contributed by atoms with Gasteiger partial charge < -0.3 is 10.2 Å². The molecule has 5 nitrogen and oxygen atoms in total. The monoisotopic (exact) mass is 302 g/mol. The summed E-state index contributed by atoms with van der Waals surface area (Å²) in [5, 5.41) is 3.23. The molecule has 1 atom stereocenters. The standard InChI is InChI=1S/C12H15ClN2O3S/c1-14-6-12(16)15(2)10-7-19(17,18)11-4-3-8(13)5-9(10)11/h3-5,10,14H,6-7H2,1-2H3. The lowest BCUT2D eigenvalue weighted by Gasteiger charge is -2.24. The fourth-order valence-electron chi connectivity index (χ4n) is 2.22. The zero-order valence-electron chi connectivity index (χ0n) is 10.7. The minimum absolute atomic E-state index is 0.0887. The van der Waals surface area contributed by atoms with Gasteiger partial charge in [-0.25, -0.2) is 8.42 Å². The minimum Gasteiger partial charge on any atom is -0.337 e. The second-order valence-electron chi connectivity index (χ2n) is 4.51. The molecule has 104 valence electrons. The summed E-state index contributed by atoms with van der Waals surface area (Å²) < 4.78 is 24.1. The van der Waals surface area contributed by atoms with Crippen molar-refractivity contribution in [1.29, 1.82) is 0 Å². The van der Waals surface area contributed by atoms with Crippen molar-refractivity contribution in [3.05, 3.63) is 28.8 Å². The summed E-state index contributed by atoms with van der Waals surface area (Å²) in [4.78, 5) is 13.6. The molecule has 7 heteroatoms. The molecule has 0 radical (unpaired) electrons. The number of hydrogen-bond donors (Lipinski definition) is 1. The Morgan fingerprint density at radius 2 is 2.21 bits per heavy atom. The van der Waals surface area contributed by atoms with E-state index in [1.54, 1.807) is 26.2 Å². The van der Waals surface area contributed by atoms with Gasteiger partial charge in [0.05, 0.1) is 23.2 Å². The van der Waals surface area contributed by atoms with E-state index < -0.39 is 15.9 Å². The number of nitrogens with zero attached hydrogens (tertiary/aromatic N) is 1. The van der Waals surface area contributed by atoms with Crippen LogP contribution in [0.3, 0.4) is 0 Å². The van der Waals surface area contributed by atoms with E-state index >= 15 is 0 Å². The largest absolute Gasteiger partial charge is 0.337 e. The smallest absolute Gasteiger partial charge is 0.236 e. The second-order valence-corrected chi connectivity index (χ2v) is 6.95. The van der Waals surface area contributed by atoms with Crippen LogP contribution in [0.1, 0.15) is 11.6 Å². The number of fused-ring (bicyclic) bond motifs is 1. The maximum absolute atomic E-state index is 12.1. The first-order valence-corrected chi connectivity index (χ1v) is 7.82. The van der Waals surface area contributed by atoms with E-state index in [9.17, 15) is 13.2 Å². The normalized spacial score (nSPS) is 20.1. The highest BCUT2D eigenvalue weighted by molar-refractivity contribution is 7.91. The summed E-state index contributed by atoms with van der Waals surface area (Å²) in [6.45, 7) is 0.170. The summed E-state index contributed by atoms with van der Waals surface area (Å²) in [6.07, 6.45) is 0. The van der Waals surface area contributed by atoms with Gasteiger partial charge in [0.15, 0.2) is 9.84 Å². The van der Waals surface area contributed by atoms with E-state index in [0.29, 0.717) is 10.6 Å². The number of nitrogens with one attached hydrogen (secondary N) is 1. The molecule has 2 rings (SSSR count). The Morgan fingerprint density at radius 3 is 2.84 bits per heavy atom. The van der Waals surface area contributed by atoms with Gasteiger partial charge in [-0.2, -0.15) is 0 Å². The quantitative estimate of drug-likeness (QED) is 0.899. The lowest BCUT2D eigenvalue weighted by Crippen LogP contribution is -2.37. The number of carbonyl (C=O) groups is 1. The van der Waals surface area contributed by atoms with E-state index in [1.807, 2.05) is 0 Å². The lowest BCUT2D eigenvalue weighted by atomic mass is 10.1. The van der Waals surface area contributed by atoms with Crippen molar-refractivity contribution in [2.45, 2.75) is 10.9 Å².